The molecule has 0 atom stereocenters. The highest BCUT2D eigenvalue weighted by molar-refractivity contribution is 7.71. The summed E-state index contributed by atoms with van der Waals surface area (Å²) in [5.74, 6) is -0.202. The summed E-state index contributed by atoms with van der Waals surface area (Å²) < 4.78 is 13.9. The molecular weight excluding hydrogens is 235 g/mol. The fourth-order valence-corrected chi connectivity index (χ4v) is 1.89. The highest BCUT2D eigenvalue weighted by Crippen LogP contribution is 2.24. The number of aryl methyl sites for hydroxylation is 1. The van der Waals surface area contributed by atoms with Crippen LogP contribution < -0.4 is 0 Å². The number of benzene rings is 1. The average Bonchev–Trinajstić information content (AvgIpc) is 2.30. The minimum atomic E-state index is -0.202. The lowest BCUT2D eigenvalue weighted by atomic mass is 10.0. The second-order valence-electron chi connectivity index (χ2n) is 4.12. The Morgan fingerprint density at radius 3 is 2.53 bits per heavy atom. The Morgan fingerprint density at radius 2 is 1.88 bits per heavy atom. The number of nitrogens with zero attached hydrogens (tertiary/aromatic N) is 1. The molecule has 0 unspecified atom stereocenters. The average molecular weight is 248 g/mol. The number of H-pyrrole nitrogens is 1. The summed E-state index contributed by atoms with van der Waals surface area (Å²) in [4.78, 5) is 0. The van der Waals surface area contributed by atoms with Crippen LogP contribution in [0.1, 0.15) is 16.7 Å². The highest BCUT2D eigenvalue weighted by atomic mass is 32.1. The maximum absolute atomic E-state index is 13.2. The Labute approximate surface area is 105 Å². The molecule has 0 radical (unpaired) electrons. The third kappa shape index (κ3) is 2.13. The topological polar surface area (TPSA) is 28.7 Å². The van der Waals surface area contributed by atoms with Crippen LogP contribution in [-0.2, 0) is 0 Å². The van der Waals surface area contributed by atoms with E-state index in [4.69, 9.17) is 12.2 Å². The molecule has 4 heteroatoms. The monoisotopic (exact) mass is 248 g/mol. The number of rotatable bonds is 1. The van der Waals surface area contributed by atoms with Gasteiger partial charge in [0, 0.05) is 5.56 Å². The Morgan fingerprint density at radius 1 is 1.18 bits per heavy atom. The van der Waals surface area contributed by atoms with E-state index >= 15 is 0 Å². The Balaban J connectivity index is 2.65. The van der Waals surface area contributed by atoms with Crippen LogP contribution in [0.2, 0.25) is 0 Å². The maximum Gasteiger partial charge on any atom is 0.126 e. The summed E-state index contributed by atoms with van der Waals surface area (Å²) in [6.45, 7) is 5.67. The SMILES string of the molecule is Cc1cc(-c2n[nH]c(=S)c(C)c2C)ccc1F. The van der Waals surface area contributed by atoms with Gasteiger partial charge in [-0.1, -0.05) is 12.2 Å². The number of halogens is 1. The first-order valence-corrected chi connectivity index (χ1v) is 5.74. The van der Waals surface area contributed by atoms with Gasteiger partial charge in [0.05, 0.1) is 5.69 Å². The molecule has 2 rings (SSSR count). The highest BCUT2D eigenvalue weighted by Gasteiger charge is 2.08. The van der Waals surface area contributed by atoms with Crippen molar-refractivity contribution in [1.82, 2.24) is 10.2 Å². The quantitative estimate of drug-likeness (QED) is 0.776. The van der Waals surface area contributed by atoms with Crippen LogP contribution in [0.4, 0.5) is 4.39 Å². The molecular formula is C13H13FN2S. The fourth-order valence-electron chi connectivity index (χ4n) is 1.70. The van der Waals surface area contributed by atoms with E-state index in [0.29, 0.717) is 10.2 Å². The zero-order valence-corrected chi connectivity index (χ0v) is 10.8. The van der Waals surface area contributed by atoms with E-state index in [0.717, 1.165) is 22.4 Å². The number of aromatic amines is 1. The van der Waals surface area contributed by atoms with Crippen LogP contribution in [0.25, 0.3) is 11.3 Å². The largest absolute Gasteiger partial charge is 0.267 e. The number of nitrogens with one attached hydrogen (secondary N) is 1. The number of hydrogen-bond donors (Lipinski definition) is 1. The van der Waals surface area contributed by atoms with E-state index < -0.39 is 0 Å². The van der Waals surface area contributed by atoms with Crippen molar-refractivity contribution in [3.8, 4) is 11.3 Å². The smallest absolute Gasteiger partial charge is 0.126 e. The standard InChI is InChI=1S/C13H13FN2S/c1-7-6-10(4-5-11(7)14)12-8(2)9(3)13(17)16-15-12/h4-6H,1-3H3,(H,16,17). The van der Waals surface area contributed by atoms with Crippen molar-refractivity contribution in [2.24, 2.45) is 0 Å². The molecule has 0 aliphatic heterocycles. The predicted octanol–water partition coefficient (Wildman–Crippen LogP) is 3.87. The molecule has 2 aromatic rings. The van der Waals surface area contributed by atoms with E-state index in [2.05, 4.69) is 10.2 Å². The van der Waals surface area contributed by atoms with Crippen LogP contribution >= 0.6 is 12.2 Å². The molecule has 0 spiro atoms. The van der Waals surface area contributed by atoms with Gasteiger partial charge in [0.1, 0.15) is 10.5 Å². The van der Waals surface area contributed by atoms with Crippen LogP contribution in [0.3, 0.4) is 0 Å². The van der Waals surface area contributed by atoms with E-state index in [9.17, 15) is 4.39 Å². The van der Waals surface area contributed by atoms with Gasteiger partial charge < -0.3 is 0 Å². The van der Waals surface area contributed by atoms with Gasteiger partial charge in [-0.05, 0) is 55.7 Å². The molecule has 2 nitrogen and oxygen atoms in total. The van der Waals surface area contributed by atoms with Crippen molar-refractivity contribution in [2.75, 3.05) is 0 Å². The lowest BCUT2D eigenvalue weighted by Crippen LogP contribution is -1.97. The molecule has 0 amide bonds. The number of aromatic nitrogens is 2. The van der Waals surface area contributed by atoms with E-state index in [-0.39, 0.29) is 5.82 Å². The first-order chi connectivity index (χ1) is 8.00. The molecule has 0 aliphatic carbocycles. The van der Waals surface area contributed by atoms with Gasteiger partial charge >= 0.3 is 0 Å². The molecule has 0 aliphatic rings. The van der Waals surface area contributed by atoms with Crippen molar-refractivity contribution in [2.45, 2.75) is 20.8 Å². The molecule has 1 heterocycles. The molecule has 1 N–H and O–H groups in total. The zero-order chi connectivity index (χ0) is 12.6. The molecule has 1 aromatic carbocycles. The van der Waals surface area contributed by atoms with Gasteiger partial charge in [-0.2, -0.15) is 5.10 Å². The first-order valence-electron chi connectivity index (χ1n) is 5.33. The maximum atomic E-state index is 13.2. The summed E-state index contributed by atoms with van der Waals surface area (Å²) in [6.07, 6.45) is 0. The normalized spacial score (nSPS) is 10.6. The zero-order valence-electron chi connectivity index (χ0n) is 9.97. The van der Waals surface area contributed by atoms with Gasteiger partial charge in [-0.25, -0.2) is 4.39 Å². The van der Waals surface area contributed by atoms with Gasteiger partial charge in [-0.3, -0.25) is 5.10 Å². The first kappa shape index (κ1) is 11.9. The van der Waals surface area contributed by atoms with Crippen molar-refractivity contribution in [3.05, 3.63) is 45.3 Å². The van der Waals surface area contributed by atoms with Gasteiger partial charge in [0.25, 0.3) is 0 Å². The third-order valence-electron chi connectivity index (χ3n) is 2.96. The number of hydrogen-bond acceptors (Lipinski definition) is 2. The van der Waals surface area contributed by atoms with Crippen LogP contribution in [0, 0.1) is 31.2 Å². The summed E-state index contributed by atoms with van der Waals surface area (Å²) >= 11 is 5.12. The summed E-state index contributed by atoms with van der Waals surface area (Å²) in [7, 11) is 0. The third-order valence-corrected chi connectivity index (χ3v) is 3.36. The van der Waals surface area contributed by atoms with Crippen molar-refractivity contribution >= 4 is 12.2 Å². The molecule has 17 heavy (non-hydrogen) atoms. The van der Waals surface area contributed by atoms with E-state index in [1.807, 2.05) is 13.8 Å². The Kier molecular flexibility index (Phi) is 3.07. The summed E-state index contributed by atoms with van der Waals surface area (Å²) in [5.41, 5.74) is 4.37. The van der Waals surface area contributed by atoms with Crippen molar-refractivity contribution < 1.29 is 4.39 Å². The second kappa shape index (κ2) is 4.37. The predicted molar refractivity (Wildman–Crippen MR) is 69.0 cm³/mol. The van der Waals surface area contributed by atoms with E-state index in [1.165, 1.54) is 6.07 Å². The van der Waals surface area contributed by atoms with Crippen molar-refractivity contribution in [1.29, 1.82) is 0 Å². The lowest BCUT2D eigenvalue weighted by molar-refractivity contribution is 0.618. The van der Waals surface area contributed by atoms with Crippen molar-refractivity contribution in [3.63, 3.8) is 0 Å². The molecule has 0 bridgehead atoms. The fraction of sp³-hybridized carbons (Fsp3) is 0.231. The molecule has 0 fully saturated rings. The molecule has 0 saturated heterocycles. The Hall–Kier alpha value is -1.55. The second-order valence-corrected chi connectivity index (χ2v) is 4.52. The minimum Gasteiger partial charge on any atom is -0.267 e. The minimum absolute atomic E-state index is 0.202. The molecule has 1 aromatic heterocycles. The molecule has 88 valence electrons. The van der Waals surface area contributed by atoms with E-state index in [1.54, 1.807) is 19.1 Å². The van der Waals surface area contributed by atoms with Gasteiger partial charge in [0.2, 0.25) is 0 Å². The summed E-state index contributed by atoms with van der Waals surface area (Å²) in [6, 6.07) is 4.98. The van der Waals surface area contributed by atoms with Gasteiger partial charge in [0.15, 0.2) is 0 Å². The Bertz CT molecular complexity index is 632. The summed E-state index contributed by atoms with van der Waals surface area (Å²) in [5, 5.41) is 7.04. The van der Waals surface area contributed by atoms with Crippen LogP contribution in [0.15, 0.2) is 18.2 Å². The van der Waals surface area contributed by atoms with Crippen LogP contribution in [-0.4, -0.2) is 10.2 Å². The van der Waals surface area contributed by atoms with Crippen LogP contribution in [0.5, 0.6) is 0 Å². The lowest BCUT2D eigenvalue weighted by Gasteiger charge is -2.08. The van der Waals surface area contributed by atoms with Gasteiger partial charge in [-0.15, -0.1) is 0 Å². The molecule has 0 saturated carbocycles.